The number of hydrogen-bond donors (Lipinski definition) is 2. The van der Waals surface area contributed by atoms with Crippen molar-refractivity contribution in [1.82, 2.24) is 10.2 Å². The molecule has 1 fully saturated rings. The zero-order valence-corrected chi connectivity index (χ0v) is 17.9. The molecule has 2 N–H and O–H groups in total. The summed E-state index contributed by atoms with van der Waals surface area (Å²) in [7, 11) is 0. The number of carbonyl (C=O) groups excluding carboxylic acids is 2. The molecule has 2 aromatic carbocycles. The summed E-state index contributed by atoms with van der Waals surface area (Å²) in [5, 5.41) is 5.93. The van der Waals surface area contributed by atoms with Crippen LogP contribution in [0.2, 0.25) is 0 Å². The predicted octanol–water partition coefficient (Wildman–Crippen LogP) is 4.77. The van der Waals surface area contributed by atoms with Crippen LogP contribution < -0.4 is 10.6 Å². The van der Waals surface area contributed by atoms with E-state index in [9.17, 15) is 9.59 Å². The van der Waals surface area contributed by atoms with Crippen molar-refractivity contribution in [3.63, 3.8) is 0 Å². The second-order valence-corrected chi connectivity index (χ2v) is 8.09. The lowest BCUT2D eigenvalue weighted by molar-refractivity contribution is -0.114. The van der Waals surface area contributed by atoms with Crippen molar-refractivity contribution in [3.8, 4) is 0 Å². The van der Waals surface area contributed by atoms with Gasteiger partial charge in [0.15, 0.2) is 0 Å². The van der Waals surface area contributed by atoms with Gasteiger partial charge in [-0.05, 0) is 81.6 Å². The van der Waals surface area contributed by atoms with Gasteiger partial charge in [-0.15, -0.1) is 0 Å². The van der Waals surface area contributed by atoms with Gasteiger partial charge < -0.3 is 15.5 Å². The summed E-state index contributed by atoms with van der Waals surface area (Å²) in [5.41, 5.74) is 2.42. The Balaban J connectivity index is 1.56. The highest BCUT2D eigenvalue weighted by molar-refractivity contribution is 5.95. The fourth-order valence-corrected chi connectivity index (χ4v) is 4.02. The molecule has 0 aromatic heterocycles. The maximum Gasteiger partial charge on any atom is 0.251 e. The first-order valence-corrected chi connectivity index (χ1v) is 11.1. The summed E-state index contributed by atoms with van der Waals surface area (Å²) in [6.45, 7) is 5.08. The standard InChI is InChI=1S/C25H33N3O2/c1-20(29)26-23-15-13-22(14-16-23)25(30)27-24(21-10-4-2-5-11-21)12-6-9-19-28-17-7-3-8-18-28/h2,4-5,10-11,13-16,24H,3,6-9,12,17-19H2,1H3,(H,26,29)(H,27,30). The average molecular weight is 408 g/mol. The molecule has 0 aliphatic carbocycles. The van der Waals surface area contributed by atoms with Crippen LogP contribution >= 0.6 is 0 Å². The number of nitrogens with one attached hydrogen (secondary N) is 2. The molecule has 2 aromatic rings. The second-order valence-electron chi connectivity index (χ2n) is 8.09. The van der Waals surface area contributed by atoms with Crippen LogP contribution in [0.1, 0.15) is 67.4 Å². The number of piperidine rings is 1. The van der Waals surface area contributed by atoms with Gasteiger partial charge in [0.05, 0.1) is 6.04 Å². The third-order valence-corrected chi connectivity index (χ3v) is 5.64. The number of carbonyl (C=O) groups is 2. The Bertz CT molecular complexity index is 799. The molecule has 5 nitrogen and oxygen atoms in total. The molecule has 2 amide bonds. The average Bonchev–Trinajstić information content (AvgIpc) is 2.77. The zero-order chi connectivity index (χ0) is 21.2. The number of likely N-dealkylation sites (tertiary alicyclic amines) is 1. The number of anilines is 1. The van der Waals surface area contributed by atoms with E-state index >= 15 is 0 Å². The quantitative estimate of drug-likeness (QED) is 0.589. The van der Waals surface area contributed by atoms with Gasteiger partial charge in [0, 0.05) is 18.2 Å². The lowest BCUT2D eigenvalue weighted by Crippen LogP contribution is -2.31. The highest BCUT2D eigenvalue weighted by atomic mass is 16.2. The molecule has 1 saturated heterocycles. The molecule has 0 saturated carbocycles. The lowest BCUT2D eigenvalue weighted by Gasteiger charge is -2.26. The van der Waals surface area contributed by atoms with E-state index in [1.807, 2.05) is 18.2 Å². The van der Waals surface area contributed by atoms with Gasteiger partial charge in [-0.25, -0.2) is 0 Å². The molecule has 1 atom stereocenters. The fourth-order valence-electron chi connectivity index (χ4n) is 4.02. The number of amides is 2. The lowest BCUT2D eigenvalue weighted by atomic mass is 10.00. The van der Waals surface area contributed by atoms with Gasteiger partial charge in [-0.1, -0.05) is 36.8 Å². The summed E-state index contributed by atoms with van der Waals surface area (Å²) in [4.78, 5) is 26.6. The van der Waals surface area contributed by atoms with Gasteiger partial charge in [-0.2, -0.15) is 0 Å². The summed E-state index contributed by atoms with van der Waals surface area (Å²) >= 11 is 0. The van der Waals surface area contributed by atoms with E-state index < -0.39 is 0 Å². The minimum atomic E-state index is -0.124. The Labute approximate surface area is 179 Å². The van der Waals surface area contributed by atoms with E-state index in [1.54, 1.807) is 24.3 Å². The maximum atomic E-state index is 12.8. The van der Waals surface area contributed by atoms with E-state index in [-0.39, 0.29) is 17.9 Å². The van der Waals surface area contributed by atoms with Gasteiger partial charge in [0.1, 0.15) is 0 Å². The molecule has 1 aliphatic rings. The zero-order valence-electron chi connectivity index (χ0n) is 17.9. The molecule has 0 radical (unpaired) electrons. The molecule has 5 heteroatoms. The van der Waals surface area contributed by atoms with Crippen LogP contribution in [0, 0.1) is 0 Å². The molecule has 1 unspecified atom stereocenters. The fraction of sp³-hybridized carbons (Fsp3) is 0.440. The Morgan fingerprint density at radius 2 is 1.63 bits per heavy atom. The van der Waals surface area contributed by atoms with Crippen LogP contribution in [0.15, 0.2) is 54.6 Å². The first kappa shape index (κ1) is 22.0. The van der Waals surface area contributed by atoms with Gasteiger partial charge in [0.2, 0.25) is 5.91 Å². The first-order valence-electron chi connectivity index (χ1n) is 11.1. The molecule has 3 rings (SSSR count). The Morgan fingerprint density at radius 3 is 2.30 bits per heavy atom. The van der Waals surface area contributed by atoms with E-state index in [0.717, 1.165) is 31.4 Å². The Hall–Kier alpha value is -2.66. The van der Waals surface area contributed by atoms with Crippen molar-refractivity contribution >= 4 is 17.5 Å². The molecule has 30 heavy (non-hydrogen) atoms. The van der Waals surface area contributed by atoms with Crippen LogP contribution in [-0.2, 0) is 4.79 Å². The maximum absolute atomic E-state index is 12.8. The Kier molecular flexibility index (Phi) is 8.45. The van der Waals surface area contributed by atoms with Crippen molar-refractivity contribution in [2.75, 3.05) is 25.0 Å². The third kappa shape index (κ3) is 6.99. The number of nitrogens with zero attached hydrogens (tertiary/aromatic N) is 1. The van der Waals surface area contributed by atoms with Gasteiger partial charge >= 0.3 is 0 Å². The Morgan fingerprint density at radius 1 is 0.933 bits per heavy atom. The monoisotopic (exact) mass is 407 g/mol. The van der Waals surface area contributed by atoms with Crippen LogP contribution in [0.25, 0.3) is 0 Å². The summed E-state index contributed by atoms with van der Waals surface area (Å²) in [6.07, 6.45) is 7.17. The van der Waals surface area contributed by atoms with Crippen molar-refractivity contribution in [2.45, 2.75) is 51.5 Å². The van der Waals surface area contributed by atoms with E-state index in [0.29, 0.717) is 11.3 Å². The molecule has 0 bridgehead atoms. The number of unbranched alkanes of at least 4 members (excludes halogenated alkanes) is 1. The van der Waals surface area contributed by atoms with E-state index in [1.165, 1.54) is 39.3 Å². The van der Waals surface area contributed by atoms with Crippen molar-refractivity contribution in [2.24, 2.45) is 0 Å². The van der Waals surface area contributed by atoms with Crippen molar-refractivity contribution in [3.05, 3.63) is 65.7 Å². The SMILES string of the molecule is CC(=O)Nc1ccc(C(=O)NC(CCCCN2CCCCC2)c2ccccc2)cc1. The molecule has 0 spiro atoms. The van der Waals surface area contributed by atoms with Gasteiger partial charge in [0.25, 0.3) is 5.91 Å². The minimum Gasteiger partial charge on any atom is -0.345 e. The number of hydrogen-bond acceptors (Lipinski definition) is 3. The predicted molar refractivity (Wildman–Crippen MR) is 122 cm³/mol. The van der Waals surface area contributed by atoms with Gasteiger partial charge in [-0.3, -0.25) is 9.59 Å². The second kappa shape index (κ2) is 11.5. The summed E-state index contributed by atoms with van der Waals surface area (Å²) in [5.74, 6) is -0.213. The van der Waals surface area contributed by atoms with Crippen molar-refractivity contribution in [1.29, 1.82) is 0 Å². The molecule has 1 heterocycles. The summed E-state index contributed by atoms with van der Waals surface area (Å²) in [6, 6.07) is 17.2. The minimum absolute atomic E-state index is 0.00456. The highest BCUT2D eigenvalue weighted by Gasteiger charge is 2.16. The molecule has 160 valence electrons. The third-order valence-electron chi connectivity index (χ3n) is 5.64. The van der Waals surface area contributed by atoms with Crippen LogP contribution in [0.5, 0.6) is 0 Å². The van der Waals surface area contributed by atoms with E-state index in [4.69, 9.17) is 0 Å². The smallest absolute Gasteiger partial charge is 0.251 e. The molecular weight excluding hydrogens is 374 g/mol. The van der Waals surface area contributed by atoms with Crippen LogP contribution in [-0.4, -0.2) is 36.3 Å². The first-order chi connectivity index (χ1) is 14.6. The topological polar surface area (TPSA) is 61.4 Å². The van der Waals surface area contributed by atoms with E-state index in [2.05, 4.69) is 27.7 Å². The van der Waals surface area contributed by atoms with Crippen LogP contribution in [0.4, 0.5) is 5.69 Å². The highest BCUT2D eigenvalue weighted by Crippen LogP contribution is 2.21. The van der Waals surface area contributed by atoms with Crippen LogP contribution in [0.3, 0.4) is 0 Å². The largest absolute Gasteiger partial charge is 0.345 e. The molecule has 1 aliphatic heterocycles. The number of rotatable bonds is 9. The molecular formula is C25H33N3O2. The van der Waals surface area contributed by atoms with Crippen molar-refractivity contribution < 1.29 is 9.59 Å². The summed E-state index contributed by atoms with van der Waals surface area (Å²) < 4.78 is 0. The number of benzene rings is 2. The normalized spacial score (nSPS) is 15.4.